The SMILES string of the molecule is Cc1ncsc1-c1ccc([C@H](C)NC(=O)[C@@H]2C[C@@H](O)CN2C(=O)[C@H](c2cc(-c3cnc(N4CCN(c5ccc6nnc(-c7ccccc7O)cc6c5)CC4)nc3)no2)C(C)C)cc1. The highest BCUT2D eigenvalue weighted by molar-refractivity contribution is 7.13. The molecule has 16 heteroatoms. The normalized spacial score (nSPS) is 17.7. The number of piperazine rings is 1. The zero-order chi connectivity index (χ0) is 43.8. The molecule has 2 amide bonds. The Morgan fingerprint density at radius 3 is 2.32 bits per heavy atom. The minimum absolute atomic E-state index is 0.0428. The molecule has 6 heterocycles. The van der Waals surface area contributed by atoms with Gasteiger partial charge in [0, 0.05) is 79.8 Å². The van der Waals surface area contributed by atoms with Gasteiger partial charge in [-0.05, 0) is 67.3 Å². The maximum absolute atomic E-state index is 14.3. The molecular formula is C47H48N10O5S. The van der Waals surface area contributed by atoms with Gasteiger partial charge in [-0.3, -0.25) is 9.59 Å². The first-order valence-electron chi connectivity index (χ1n) is 21.1. The van der Waals surface area contributed by atoms with E-state index in [1.54, 1.807) is 41.9 Å². The fourth-order valence-electron chi connectivity index (χ4n) is 8.52. The van der Waals surface area contributed by atoms with Gasteiger partial charge in [-0.25, -0.2) is 15.0 Å². The number of carbonyl (C=O) groups is 2. The number of benzene rings is 3. The number of aromatic hydroxyl groups is 1. The predicted octanol–water partition coefficient (Wildman–Crippen LogP) is 6.78. The number of aryl methyl sites for hydroxylation is 1. The number of anilines is 2. The van der Waals surface area contributed by atoms with Crippen molar-refractivity contribution in [1.29, 1.82) is 0 Å². The van der Waals surface area contributed by atoms with Gasteiger partial charge in [-0.1, -0.05) is 55.4 Å². The van der Waals surface area contributed by atoms with Crippen LogP contribution in [0.4, 0.5) is 11.6 Å². The van der Waals surface area contributed by atoms with Crippen molar-refractivity contribution in [3.05, 3.63) is 114 Å². The average Bonchev–Trinajstić information content (AvgIpc) is 4.06. The zero-order valence-corrected chi connectivity index (χ0v) is 36.2. The summed E-state index contributed by atoms with van der Waals surface area (Å²) in [4.78, 5) is 48.8. The van der Waals surface area contributed by atoms with Gasteiger partial charge in [0.15, 0.2) is 0 Å². The molecule has 0 spiro atoms. The van der Waals surface area contributed by atoms with Gasteiger partial charge in [0.2, 0.25) is 17.8 Å². The summed E-state index contributed by atoms with van der Waals surface area (Å²) < 4.78 is 5.82. The summed E-state index contributed by atoms with van der Waals surface area (Å²) in [7, 11) is 0. The highest BCUT2D eigenvalue weighted by atomic mass is 32.1. The molecule has 2 aliphatic heterocycles. The summed E-state index contributed by atoms with van der Waals surface area (Å²) in [5, 5.41) is 38.1. The van der Waals surface area contributed by atoms with Crippen molar-refractivity contribution in [1.82, 2.24) is 40.5 Å². The van der Waals surface area contributed by atoms with E-state index < -0.39 is 18.1 Å². The number of nitrogens with one attached hydrogen (secondary N) is 1. The number of phenols is 1. The van der Waals surface area contributed by atoms with Crippen LogP contribution in [-0.4, -0.2) is 102 Å². The smallest absolute Gasteiger partial charge is 0.243 e. The molecule has 0 aliphatic carbocycles. The number of aliphatic hydroxyl groups excluding tert-OH is 1. The number of hydrogen-bond acceptors (Lipinski definition) is 14. The Labute approximate surface area is 368 Å². The van der Waals surface area contributed by atoms with Crippen LogP contribution >= 0.6 is 11.3 Å². The third kappa shape index (κ3) is 8.55. The Bertz CT molecular complexity index is 2750. The van der Waals surface area contributed by atoms with Crippen LogP contribution in [0.1, 0.15) is 56.2 Å². The Balaban J connectivity index is 0.828. The molecule has 4 aromatic heterocycles. The number of aromatic nitrogens is 6. The molecule has 63 heavy (non-hydrogen) atoms. The predicted molar refractivity (Wildman–Crippen MR) is 241 cm³/mol. The topological polar surface area (TPSA) is 187 Å². The van der Waals surface area contributed by atoms with Crippen molar-refractivity contribution in [3.8, 4) is 38.7 Å². The van der Waals surface area contributed by atoms with Crippen LogP contribution in [0.2, 0.25) is 0 Å². The Hall–Kier alpha value is -6.78. The molecule has 322 valence electrons. The molecule has 7 aromatic rings. The van der Waals surface area contributed by atoms with Crippen LogP contribution in [0.3, 0.4) is 0 Å². The second-order valence-corrected chi connectivity index (χ2v) is 17.4. The van der Waals surface area contributed by atoms with Gasteiger partial charge < -0.3 is 34.8 Å². The highest BCUT2D eigenvalue weighted by Gasteiger charge is 2.43. The summed E-state index contributed by atoms with van der Waals surface area (Å²) in [6, 6.07) is 23.8. The number of phenolic OH excluding ortho intramolecular Hbond substituents is 1. The second kappa shape index (κ2) is 17.5. The Morgan fingerprint density at radius 1 is 0.857 bits per heavy atom. The lowest BCUT2D eigenvalue weighted by molar-refractivity contribution is -0.141. The molecule has 2 fully saturated rings. The second-order valence-electron chi connectivity index (χ2n) is 16.6. The zero-order valence-electron chi connectivity index (χ0n) is 35.4. The average molecular weight is 865 g/mol. The van der Waals surface area contributed by atoms with Crippen LogP contribution < -0.4 is 15.1 Å². The number of hydrogen-bond donors (Lipinski definition) is 3. The van der Waals surface area contributed by atoms with Crippen LogP contribution in [0.5, 0.6) is 5.75 Å². The molecule has 0 bridgehead atoms. The summed E-state index contributed by atoms with van der Waals surface area (Å²) in [5.74, 6) is -0.423. The summed E-state index contributed by atoms with van der Waals surface area (Å²) >= 11 is 1.59. The van der Waals surface area contributed by atoms with Crippen LogP contribution in [0, 0.1) is 12.8 Å². The van der Waals surface area contributed by atoms with Crippen molar-refractivity contribution in [2.24, 2.45) is 5.92 Å². The standard InChI is InChI=1S/C47H48N10O5S/c1-27(2)43(46(61)57-25-35(58)21-40(57)45(60)51-28(3)30-9-11-31(12-10-30)44-29(4)50-26-63-44)42-22-38(54-62-42)33-23-48-47(49-24-33)56-17-15-55(16-18-56)34-13-14-37-32(19-34)20-39(53-52-37)36-7-5-6-8-41(36)59/h5-14,19-20,22-24,26-28,35,40,43,58-59H,15-18,21,25H2,1-4H3,(H,51,60)/t28-,35+,40-,43-/m0/s1. The monoisotopic (exact) mass is 864 g/mol. The number of amides is 2. The molecule has 3 aromatic carbocycles. The number of para-hydroxylation sites is 1. The third-order valence-electron chi connectivity index (χ3n) is 12.0. The van der Waals surface area contributed by atoms with E-state index in [0.717, 1.165) is 51.4 Å². The van der Waals surface area contributed by atoms with Crippen LogP contribution in [0.15, 0.2) is 101 Å². The van der Waals surface area contributed by atoms with Gasteiger partial charge >= 0.3 is 0 Å². The van der Waals surface area contributed by atoms with Gasteiger partial charge in [0.25, 0.3) is 0 Å². The van der Waals surface area contributed by atoms with E-state index in [2.05, 4.69) is 57.6 Å². The summed E-state index contributed by atoms with van der Waals surface area (Å²) in [6.07, 6.45) is 2.72. The number of aliphatic hydroxyl groups is 1. The van der Waals surface area contributed by atoms with Crippen molar-refractivity contribution < 1.29 is 24.3 Å². The van der Waals surface area contributed by atoms with Gasteiger partial charge in [-0.15, -0.1) is 21.5 Å². The van der Waals surface area contributed by atoms with E-state index in [1.807, 2.05) is 81.7 Å². The molecular weight excluding hydrogens is 817 g/mol. The number of nitrogens with zero attached hydrogens (tertiary/aromatic N) is 9. The van der Waals surface area contributed by atoms with E-state index in [1.165, 1.54) is 4.90 Å². The van der Waals surface area contributed by atoms with Gasteiger partial charge in [-0.2, -0.15) is 0 Å². The van der Waals surface area contributed by atoms with E-state index in [4.69, 9.17) is 4.52 Å². The first kappa shape index (κ1) is 41.6. The van der Waals surface area contributed by atoms with E-state index in [9.17, 15) is 19.8 Å². The fourth-order valence-corrected chi connectivity index (χ4v) is 9.33. The van der Waals surface area contributed by atoms with Crippen molar-refractivity contribution >= 4 is 45.7 Å². The van der Waals surface area contributed by atoms with E-state index >= 15 is 0 Å². The Morgan fingerprint density at radius 2 is 1.60 bits per heavy atom. The quantitative estimate of drug-likeness (QED) is 0.124. The Kier molecular flexibility index (Phi) is 11.6. The van der Waals surface area contributed by atoms with Crippen molar-refractivity contribution in [3.63, 3.8) is 0 Å². The van der Waals surface area contributed by atoms with Crippen LogP contribution in [-0.2, 0) is 9.59 Å². The van der Waals surface area contributed by atoms with E-state index in [0.29, 0.717) is 47.3 Å². The lowest BCUT2D eigenvalue weighted by Crippen LogP contribution is -2.48. The maximum Gasteiger partial charge on any atom is 0.243 e. The number of carbonyl (C=O) groups excluding carboxylic acids is 2. The summed E-state index contributed by atoms with van der Waals surface area (Å²) in [5.41, 5.74) is 9.03. The molecule has 4 atom stereocenters. The first-order chi connectivity index (χ1) is 30.5. The number of thiazole rings is 1. The fraction of sp³-hybridized carbons (Fsp3) is 0.319. The first-order valence-corrected chi connectivity index (χ1v) is 22.0. The molecule has 0 unspecified atom stereocenters. The largest absolute Gasteiger partial charge is 0.507 e. The van der Waals surface area contributed by atoms with Gasteiger partial charge in [0.05, 0.1) is 39.4 Å². The molecule has 3 N–H and O–H groups in total. The summed E-state index contributed by atoms with van der Waals surface area (Å²) in [6.45, 7) is 10.7. The van der Waals surface area contributed by atoms with Gasteiger partial charge in [0.1, 0.15) is 29.2 Å². The lowest BCUT2D eigenvalue weighted by atomic mass is 9.91. The molecule has 2 aliphatic rings. The maximum atomic E-state index is 14.3. The number of β-amino-alcohol motifs (C(OH)–C–C–N with tert-alkyl or cyclic N) is 1. The number of likely N-dealkylation sites (tertiary alicyclic amines) is 1. The molecule has 2 saturated heterocycles. The molecule has 0 saturated carbocycles. The molecule has 0 radical (unpaired) electrons. The van der Waals surface area contributed by atoms with Crippen molar-refractivity contribution in [2.75, 3.05) is 42.5 Å². The minimum atomic E-state index is -0.840. The number of rotatable bonds is 11. The molecule has 9 rings (SSSR count). The highest BCUT2D eigenvalue weighted by Crippen LogP contribution is 2.35. The number of fused-ring (bicyclic) bond motifs is 1. The lowest BCUT2D eigenvalue weighted by Gasteiger charge is -2.36. The van der Waals surface area contributed by atoms with E-state index in [-0.39, 0.29) is 42.5 Å². The third-order valence-corrected chi connectivity index (χ3v) is 13.0. The van der Waals surface area contributed by atoms with Crippen LogP contribution in [0.25, 0.3) is 43.9 Å². The molecule has 15 nitrogen and oxygen atoms in total. The van der Waals surface area contributed by atoms with Crippen molar-refractivity contribution in [2.45, 2.75) is 58.2 Å². The minimum Gasteiger partial charge on any atom is -0.507 e.